The summed E-state index contributed by atoms with van der Waals surface area (Å²) < 4.78 is 0. The largest absolute Gasteiger partial charge is 0.389 e. The molecule has 2 aliphatic carbocycles. The smallest absolute Gasteiger partial charge is 0.0706 e. The van der Waals surface area contributed by atoms with E-state index in [-0.39, 0.29) is 5.41 Å². The second-order valence-corrected chi connectivity index (χ2v) is 6.14. The van der Waals surface area contributed by atoms with Crippen LogP contribution < -0.4 is 0 Å². The van der Waals surface area contributed by atoms with E-state index in [2.05, 4.69) is 27.7 Å². The molecule has 0 aromatic heterocycles. The molecule has 2 fully saturated rings. The van der Waals surface area contributed by atoms with Crippen LogP contribution in [0, 0.1) is 22.7 Å². The van der Waals surface area contributed by atoms with Crippen molar-refractivity contribution >= 4 is 0 Å². The molecular weight excluding hydrogens is 160 g/mol. The minimum atomic E-state index is -0.459. The average Bonchev–Trinajstić information content (AvgIpc) is 2.26. The molecule has 0 saturated heterocycles. The zero-order valence-electron chi connectivity index (χ0n) is 9.52. The summed E-state index contributed by atoms with van der Waals surface area (Å²) in [5, 5.41) is 10.5. The second-order valence-electron chi connectivity index (χ2n) is 6.14. The summed E-state index contributed by atoms with van der Waals surface area (Å²) in [6.45, 7) is 11.2. The Morgan fingerprint density at radius 2 is 1.69 bits per heavy atom. The fraction of sp³-hybridized carbons (Fsp3) is 1.00. The lowest BCUT2D eigenvalue weighted by Gasteiger charge is -2.44. The van der Waals surface area contributed by atoms with Crippen LogP contribution in [0.3, 0.4) is 0 Å². The molecule has 4 atom stereocenters. The van der Waals surface area contributed by atoms with Crippen molar-refractivity contribution in [3.05, 3.63) is 0 Å². The Morgan fingerprint density at radius 1 is 1.15 bits per heavy atom. The summed E-state index contributed by atoms with van der Waals surface area (Å²) in [5.74, 6) is 1.17. The van der Waals surface area contributed by atoms with E-state index < -0.39 is 5.60 Å². The van der Waals surface area contributed by atoms with E-state index in [1.807, 2.05) is 6.92 Å². The van der Waals surface area contributed by atoms with E-state index in [4.69, 9.17) is 0 Å². The van der Waals surface area contributed by atoms with E-state index in [1.54, 1.807) is 0 Å². The molecule has 0 aliphatic heterocycles. The Hall–Kier alpha value is -0.0400. The van der Waals surface area contributed by atoms with Gasteiger partial charge in [0.1, 0.15) is 0 Å². The summed E-state index contributed by atoms with van der Waals surface area (Å²) in [4.78, 5) is 0. The van der Waals surface area contributed by atoms with E-state index in [0.717, 1.165) is 0 Å². The maximum Gasteiger partial charge on any atom is 0.0706 e. The number of hydrogen-bond donors (Lipinski definition) is 1. The van der Waals surface area contributed by atoms with Gasteiger partial charge in [0.25, 0.3) is 0 Å². The molecule has 0 heterocycles. The SMILES string of the molecule is CC1[C@H]2CC[C@](C)(C2(C)C)[C@]1(C)O. The molecule has 2 saturated carbocycles. The van der Waals surface area contributed by atoms with Crippen LogP contribution in [0.1, 0.15) is 47.5 Å². The van der Waals surface area contributed by atoms with E-state index in [9.17, 15) is 5.11 Å². The quantitative estimate of drug-likeness (QED) is 0.611. The van der Waals surface area contributed by atoms with Gasteiger partial charge < -0.3 is 5.11 Å². The summed E-state index contributed by atoms with van der Waals surface area (Å²) in [6, 6.07) is 0. The van der Waals surface area contributed by atoms with Crippen LogP contribution in [0.25, 0.3) is 0 Å². The van der Waals surface area contributed by atoms with E-state index in [1.165, 1.54) is 12.8 Å². The molecule has 1 unspecified atom stereocenters. The minimum Gasteiger partial charge on any atom is -0.389 e. The van der Waals surface area contributed by atoms with Gasteiger partial charge >= 0.3 is 0 Å². The molecule has 76 valence electrons. The molecular formula is C12H22O. The molecule has 1 heteroatoms. The van der Waals surface area contributed by atoms with Crippen LogP contribution in [-0.4, -0.2) is 10.7 Å². The van der Waals surface area contributed by atoms with Crippen LogP contribution in [0.4, 0.5) is 0 Å². The molecule has 0 radical (unpaired) electrons. The Kier molecular flexibility index (Phi) is 1.56. The zero-order chi connectivity index (χ0) is 10.1. The van der Waals surface area contributed by atoms with Crippen molar-refractivity contribution in [1.29, 1.82) is 0 Å². The third-order valence-corrected chi connectivity index (χ3v) is 5.91. The van der Waals surface area contributed by atoms with Crippen molar-refractivity contribution in [2.75, 3.05) is 0 Å². The van der Waals surface area contributed by atoms with Crippen molar-refractivity contribution in [3.63, 3.8) is 0 Å². The third kappa shape index (κ3) is 0.743. The molecule has 2 aliphatic rings. The fourth-order valence-corrected chi connectivity index (χ4v) is 4.21. The Bertz CT molecular complexity index is 232. The first-order valence-corrected chi connectivity index (χ1v) is 5.47. The van der Waals surface area contributed by atoms with Gasteiger partial charge in [-0.2, -0.15) is 0 Å². The van der Waals surface area contributed by atoms with Crippen molar-refractivity contribution in [1.82, 2.24) is 0 Å². The topological polar surface area (TPSA) is 20.2 Å². The number of rotatable bonds is 0. The number of hydrogen-bond acceptors (Lipinski definition) is 1. The molecule has 0 aromatic rings. The molecule has 1 N–H and O–H groups in total. The maximum absolute atomic E-state index is 10.5. The van der Waals surface area contributed by atoms with Gasteiger partial charge in [-0.15, -0.1) is 0 Å². The Labute approximate surface area is 81.5 Å². The first-order chi connectivity index (χ1) is 5.75. The monoisotopic (exact) mass is 182 g/mol. The molecule has 13 heavy (non-hydrogen) atoms. The van der Waals surface area contributed by atoms with Crippen molar-refractivity contribution in [2.45, 2.75) is 53.1 Å². The maximum atomic E-state index is 10.5. The van der Waals surface area contributed by atoms with Crippen LogP contribution in [0.5, 0.6) is 0 Å². The molecule has 2 bridgehead atoms. The summed E-state index contributed by atoms with van der Waals surface area (Å²) in [6.07, 6.45) is 2.50. The second kappa shape index (κ2) is 2.13. The first-order valence-electron chi connectivity index (χ1n) is 5.47. The zero-order valence-corrected chi connectivity index (χ0v) is 9.52. The lowest BCUT2D eigenvalue weighted by atomic mass is 9.64. The normalized spacial score (nSPS) is 58.6. The number of fused-ring (bicyclic) bond motifs is 2. The van der Waals surface area contributed by atoms with Crippen LogP contribution >= 0.6 is 0 Å². The number of aliphatic hydroxyl groups is 1. The van der Waals surface area contributed by atoms with Crippen molar-refractivity contribution < 1.29 is 5.11 Å². The Morgan fingerprint density at radius 3 is 1.92 bits per heavy atom. The highest BCUT2D eigenvalue weighted by atomic mass is 16.3. The van der Waals surface area contributed by atoms with Gasteiger partial charge in [-0.25, -0.2) is 0 Å². The van der Waals surface area contributed by atoms with Crippen molar-refractivity contribution in [2.24, 2.45) is 22.7 Å². The highest BCUT2D eigenvalue weighted by Gasteiger charge is 2.69. The highest BCUT2D eigenvalue weighted by molar-refractivity contribution is 5.18. The molecule has 0 amide bonds. The van der Waals surface area contributed by atoms with Gasteiger partial charge in [0.2, 0.25) is 0 Å². The first kappa shape index (κ1) is 9.51. The molecule has 1 nitrogen and oxygen atoms in total. The summed E-state index contributed by atoms with van der Waals surface area (Å²) in [5.41, 5.74) is -0.0145. The van der Waals surface area contributed by atoms with Crippen LogP contribution in [-0.2, 0) is 0 Å². The molecule has 0 spiro atoms. The highest BCUT2D eigenvalue weighted by Crippen LogP contribution is 2.71. The van der Waals surface area contributed by atoms with Gasteiger partial charge in [-0.3, -0.25) is 0 Å². The lowest BCUT2D eigenvalue weighted by molar-refractivity contribution is -0.0987. The average molecular weight is 182 g/mol. The van der Waals surface area contributed by atoms with Gasteiger partial charge in [-0.1, -0.05) is 27.7 Å². The molecule has 2 rings (SSSR count). The van der Waals surface area contributed by atoms with E-state index in [0.29, 0.717) is 17.3 Å². The fourth-order valence-electron chi connectivity index (χ4n) is 4.21. The minimum absolute atomic E-state index is 0.129. The predicted octanol–water partition coefficient (Wildman–Crippen LogP) is 2.83. The third-order valence-electron chi connectivity index (χ3n) is 5.91. The lowest BCUT2D eigenvalue weighted by Crippen LogP contribution is -2.47. The Balaban J connectivity index is 2.53. The van der Waals surface area contributed by atoms with Gasteiger partial charge in [-0.05, 0) is 37.0 Å². The van der Waals surface area contributed by atoms with Crippen LogP contribution in [0.2, 0.25) is 0 Å². The van der Waals surface area contributed by atoms with Gasteiger partial charge in [0.15, 0.2) is 0 Å². The standard InChI is InChI=1S/C12H22O/c1-8-9-6-7-11(4,10(9,2)3)12(8,5)13/h8-9,13H,6-7H2,1-5H3/t8?,9-,11-,12-/m1/s1. The van der Waals surface area contributed by atoms with Crippen molar-refractivity contribution in [3.8, 4) is 0 Å². The molecule has 0 aromatic carbocycles. The summed E-state index contributed by atoms with van der Waals surface area (Å²) in [7, 11) is 0. The van der Waals surface area contributed by atoms with Crippen LogP contribution in [0.15, 0.2) is 0 Å². The van der Waals surface area contributed by atoms with Gasteiger partial charge in [0.05, 0.1) is 5.60 Å². The van der Waals surface area contributed by atoms with Gasteiger partial charge in [0, 0.05) is 5.41 Å². The predicted molar refractivity (Wildman–Crippen MR) is 54.4 cm³/mol. The summed E-state index contributed by atoms with van der Waals surface area (Å²) >= 11 is 0. The van der Waals surface area contributed by atoms with E-state index >= 15 is 0 Å².